The Kier molecular flexibility index (Phi) is 4.77. The first kappa shape index (κ1) is 14.7. The number of benzene rings is 2. The highest BCUT2D eigenvalue weighted by molar-refractivity contribution is 9.10. The lowest BCUT2D eigenvalue weighted by Crippen LogP contribution is -2.07. The molecule has 0 fully saturated rings. The van der Waals surface area contributed by atoms with Gasteiger partial charge in [0.25, 0.3) is 0 Å². The first-order valence-corrected chi connectivity index (χ1v) is 7.50. The zero-order chi connectivity index (χ0) is 14.0. The zero-order valence-electron chi connectivity index (χ0n) is 10.7. The summed E-state index contributed by atoms with van der Waals surface area (Å²) in [5, 5.41) is 4.61. The van der Waals surface area contributed by atoms with Crippen molar-refractivity contribution in [1.29, 1.82) is 0 Å². The van der Waals surface area contributed by atoms with E-state index in [4.69, 9.17) is 23.2 Å². The van der Waals surface area contributed by atoms with E-state index in [1.165, 1.54) is 5.56 Å². The molecular weight excluding hydrogens is 345 g/mol. The summed E-state index contributed by atoms with van der Waals surface area (Å²) in [5.74, 6) is 0. The Hall–Kier alpha value is -0.700. The Bertz CT molecular complexity index is 599. The number of aryl methyl sites for hydroxylation is 1. The molecule has 1 N–H and O–H groups in total. The van der Waals surface area contributed by atoms with E-state index in [9.17, 15) is 0 Å². The van der Waals surface area contributed by atoms with Crippen LogP contribution in [0.1, 0.15) is 24.1 Å². The molecule has 0 radical (unpaired) electrons. The van der Waals surface area contributed by atoms with Gasteiger partial charge in [0.2, 0.25) is 0 Å². The van der Waals surface area contributed by atoms with Crippen LogP contribution >= 0.6 is 39.1 Å². The first-order chi connectivity index (χ1) is 8.99. The SMILES string of the molecule is Cc1ccc(NC(C)c2cccc(Cl)c2Cl)cc1Br. The number of anilines is 1. The van der Waals surface area contributed by atoms with E-state index >= 15 is 0 Å². The van der Waals surface area contributed by atoms with Gasteiger partial charge in [-0.25, -0.2) is 0 Å². The molecule has 0 aliphatic carbocycles. The fourth-order valence-corrected chi connectivity index (χ4v) is 2.72. The van der Waals surface area contributed by atoms with Crippen molar-refractivity contribution in [2.24, 2.45) is 0 Å². The van der Waals surface area contributed by atoms with Crippen LogP contribution in [0, 0.1) is 6.92 Å². The highest BCUT2D eigenvalue weighted by atomic mass is 79.9. The third-order valence-electron chi connectivity index (χ3n) is 3.00. The van der Waals surface area contributed by atoms with Crippen LogP contribution in [-0.2, 0) is 0 Å². The highest BCUT2D eigenvalue weighted by Gasteiger charge is 2.12. The van der Waals surface area contributed by atoms with E-state index < -0.39 is 0 Å². The van der Waals surface area contributed by atoms with Crippen molar-refractivity contribution in [3.05, 3.63) is 62.0 Å². The van der Waals surface area contributed by atoms with E-state index in [1.54, 1.807) is 6.07 Å². The minimum Gasteiger partial charge on any atom is -0.378 e. The van der Waals surface area contributed by atoms with Gasteiger partial charge in [0.05, 0.1) is 16.1 Å². The number of rotatable bonds is 3. The molecule has 0 amide bonds. The van der Waals surface area contributed by atoms with Crippen molar-refractivity contribution in [3.8, 4) is 0 Å². The Morgan fingerprint density at radius 1 is 1.16 bits per heavy atom. The Labute approximate surface area is 132 Å². The maximum absolute atomic E-state index is 6.23. The predicted molar refractivity (Wildman–Crippen MR) is 87.4 cm³/mol. The van der Waals surface area contributed by atoms with Gasteiger partial charge in [0, 0.05) is 10.2 Å². The number of hydrogen-bond donors (Lipinski definition) is 1. The van der Waals surface area contributed by atoms with Gasteiger partial charge in [0.1, 0.15) is 0 Å². The minimum atomic E-state index is 0.0841. The quantitative estimate of drug-likeness (QED) is 0.684. The standard InChI is InChI=1S/C15H14BrCl2N/c1-9-6-7-11(8-13(9)16)19-10(2)12-4-3-5-14(17)15(12)18/h3-8,10,19H,1-2H3. The average molecular weight is 359 g/mol. The molecular formula is C15H14BrCl2N. The molecule has 4 heteroatoms. The van der Waals surface area contributed by atoms with Crippen LogP contribution in [-0.4, -0.2) is 0 Å². The second-order valence-corrected chi connectivity index (χ2v) is 6.11. The van der Waals surface area contributed by atoms with Crippen molar-refractivity contribution in [1.82, 2.24) is 0 Å². The molecule has 0 spiro atoms. The molecule has 2 rings (SSSR count). The lowest BCUT2D eigenvalue weighted by Gasteiger charge is -2.18. The van der Waals surface area contributed by atoms with E-state index in [0.29, 0.717) is 10.0 Å². The number of nitrogens with one attached hydrogen (secondary N) is 1. The fraction of sp³-hybridized carbons (Fsp3) is 0.200. The van der Waals surface area contributed by atoms with E-state index in [0.717, 1.165) is 15.7 Å². The molecule has 0 aromatic heterocycles. The Balaban J connectivity index is 2.23. The van der Waals surface area contributed by atoms with Gasteiger partial charge in [0.15, 0.2) is 0 Å². The van der Waals surface area contributed by atoms with Gasteiger partial charge >= 0.3 is 0 Å². The van der Waals surface area contributed by atoms with Crippen molar-refractivity contribution in [3.63, 3.8) is 0 Å². The van der Waals surface area contributed by atoms with Crippen molar-refractivity contribution >= 4 is 44.8 Å². The summed E-state index contributed by atoms with van der Waals surface area (Å²) in [6.07, 6.45) is 0. The Morgan fingerprint density at radius 2 is 1.89 bits per heavy atom. The Morgan fingerprint density at radius 3 is 2.58 bits per heavy atom. The second-order valence-electron chi connectivity index (χ2n) is 4.47. The largest absolute Gasteiger partial charge is 0.378 e. The van der Waals surface area contributed by atoms with Crippen molar-refractivity contribution in [2.45, 2.75) is 19.9 Å². The smallest absolute Gasteiger partial charge is 0.0644 e. The van der Waals surface area contributed by atoms with Crippen LogP contribution in [0.25, 0.3) is 0 Å². The average Bonchev–Trinajstić information content (AvgIpc) is 2.37. The van der Waals surface area contributed by atoms with Gasteiger partial charge in [-0.15, -0.1) is 0 Å². The van der Waals surface area contributed by atoms with E-state index in [1.807, 2.05) is 12.1 Å². The summed E-state index contributed by atoms with van der Waals surface area (Å²) in [6, 6.07) is 11.9. The summed E-state index contributed by atoms with van der Waals surface area (Å²) in [6.45, 7) is 4.12. The number of hydrogen-bond acceptors (Lipinski definition) is 1. The summed E-state index contributed by atoms with van der Waals surface area (Å²) in [4.78, 5) is 0. The monoisotopic (exact) mass is 357 g/mol. The maximum atomic E-state index is 6.23. The van der Waals surface area contributed by atoms with Gasteiger partial charge in [-0.05, 0) is 43.2 Å². The highest BCUT2D eigenvalue weighted by Crippen LogP contribution is 2.32. The van der Waals surface area contributed by atoms with Crippen LogP contribution in [0.15, 0.2) is 40.9 Å². The lowest BCUT2D eigenvalue weighted by molar-refractivity contribution is 0.885. The van der Waals surface area contributed by atoms with E-state index in [-0.39, 0.29) is 6.04 Å². The molecule has 2 aromatic rings. The normalized spacial score (nSPS) is 12.3. The molecule has 1 nitrogen and oxygen atoms in total. The second kappa shape index (κ2) is 6.17. The summed E-state index contributed by atoms with van der Waals surface area (Å²) < 4.78 is 1.09. The van der Waals surface area contributed by atoms with Crippen LogP contribution in [0.5, 0.6) is 0 Å². The predicted octanol–water partition coefficient (Wildman–Crippen LogP) is 6.24. The number of halogens is 3. The molecule has 0 heterocycles. The van der Waals surface area contributed by atoms with Crippen LogP contribution in [0.2, 0.25) is 10.0 Å². The molecule has 19 heavy (non-hydrogen) atoms. The molecule has 0 bridgehead atoms. The molecule has 0 saturated heterocycles. The summed E-state index contributed by atoms with van der Waals surface area (Å²) >= 11 is 15.8. The molecule has 2 aromatic carbocycles. The fourth-order valence-electron chi connectivity index (χ4n) is 1.87. The molecule has 0 saturated carbocycles. The van der Waals surface area contributed by atoms with Crippen LogP contribution < -0.4 is 5.32 Å². The zero-order valence-corrected chi connectivity index (χ0v) is 13.8. The van der Waals surface area contributed by atoms with Gasteiger partial charge in [-0.1, -0.05) is 57.3 Å². The van der Waals surface area contributed by atoms with Crippen LogP contribution in [0.3, 0.4) is 0 Å². The third kappa shape index (κ3) is 3.44. The van der Waals surface area contributed by atoms with E-state index in [2.05, 4.69) is 53.3 Å². The molecule has 1 atom stereocenters. The van der Waals surface area contributed by atoms with Gasteiger partial charge < -0.3 is 5.32 Å². The maximum Gasteiger partial charge on any atom is 0.0644 e. The first-order valence-electron chi connectivity index (χ1n) is 5.95. The molecule has 0 aliphatic heterocycles. The summed E-state index contributed by atoms with van der Waals surface area (Å²) in [7, 11) is 0. The van der Waals surface area contributed by atoms with Gasteiger partial charge in [-0.2, -0.15) is 0 Å². The molecule has 100 valence electrons. The molecule has 0 aliphatic rings. The summed E-state index contributed by atoms with van der Waals surface area (Å²) in [5.41, 5.74) is 3.24. The topological polar surface area (TPSA) is 12.0 Å². The van der Waals surface area contributed by atoms with Crippen molar-refractivity contribution in [2.75, 3.05) is 5.32 Å². The van der Waals surface area contributed by atoms with Gasteiger partial charge in [-0.3, -0.25) is 0 Å². The van der Waals surface area contributed by atoms with Crippen molar-refractivity contribution < 1.29 is 0 Å². The minimum absolute atomic E-state index is 0.0841. The molecule has 1 unspecified atom stereocenters. The lowest BCUT2D eigenvalue weighted by atomic mass is 10.1. The third-order valence-corrected chi connectivity index (χ3v) is 4.69. The van der Waals surface area contributed by atoms with Crippen LogP contribution in [0.4, 0.5) is 5.69 Å².